The highest BCUT2D eigenvalue weighted by atomic mass is 16.3. The summed E-state index contributed by atoms with van der Waals surface area (Å²) in [7, 11) is 2.04. The van der Waals surface area contributed by atoms with Crippen LogP contribution in [0.2, 0.25) is 0 Å². The molecular weight excluding hydrogens is 166 g/mol. The van der Waals surface area contributed by atoms with Crippen molar-refractivity contribution in [3.05, 3.63) is 0 Å². The van der Waals surface area contributed by atoms with Crippen molar-refractivity contribution in [2.75, 3.05) is 20.1 Å². The third-order valence-electron chi connectivity index (χ3n) is 2.63. The summed E-state index contributed by atoms with van der Waals surface area (Å²) in [5.41, 5.74) is 0. The van der Waals surface area contributed by atoms with E-state index in [2.05, 4.69) is 4.90 Å². The Kier molecular flexibility index (Phi) is 3.88. The average Bonchev–Trinajstić information content (AvgIpc) is 1.98. The number of aliphatic hydroxyl groups excluding tert-OH is 1. The van der Waals surface area contributed by atoms with Crippen LogP contribution in [0.3, 0.4) is 0 Å². The van der Waals surface area contributed by atoms with E-state index in [4.69, 9.17) is 5.11 Å². The van der Waals surface area contributed by atoms with Crippen molar-refractivity contribution in [3.8, 4) is 0 Å². The van der Waals surface area contributed by atoms with Crippen LogP contribution in [0.4, 0.5) is 0 Å². The SMILES string of the molecule is CC(=O)CCN(C)CC1CC(O)C1. The number of hydrogen-bond donors (Lipinski definition) is 1. The molecule has 0 unspecified atom stereocenters. The topological polar surface area (TPSA) is 40.5 Å². The summed E-state index contributed by atoms with van der Waals surface area (Å²) in [5, 5.41) is 9.08. The molecule has 0 bridgehead atoms. The van der Waals surface area contributed by atoms with Crippen LogP contribution >= 0.6 is 0 Å². The molecule has 0 aromatic heterocycles. The molecule has 1 fully saturated rings. The molecule has 0 heterocycles. The normalized spacial score (nSPS) is 27.4. The van der Waals surface area contributed by atoms with Crippen LogP contribution in [0.25, 0.3) is 0 Å². The number of carbonyl (C=O) groups excluding carboxylic acids is 1. The third kappa shape index (κ3) is 3.87. The van der Waals surface area contributed by atoms with Gasteiger partial charge in [-0.2, -0.15) is 0 Å². The zero-order valence-corrected chi connectivity index (χ0v) is 8.49. The monoisotopic (exact) mass is 185 g/mol. The first kappa shape index (κ1) is 10.7. The summed E-state index contributed by atoms with van der Waals surface area (Å²) in [6.07, 6.45) is 2.45. The lowest BCUT2D eigenvalue weighted by atomic mass is 9.82. The highest BCUT2D eigenvalue weighted by Gasteiger charge is 2.27. The van der Waals surface area contributed by atoms with E-state index in [9.17, 15) is 4.79 Å². The Labute approximate surface area is 79.7 Å². The average molecular weight is 185 g/mol. The maximum atomic E-state index is 10.7. The van der Waals surface area contributed by atoms with Crippen molar-refractivity contribution in [2.45, 2.75) is 32.3 Å². The van der Waals surface area contributed by atoms with Gasteiger partial charge in [0.05, 0.1) is 6.10 Å². The van der Waals surface area contributed by atoms with E-state index < -0.39 is 0 Å². The summed E-state index contributed by atoms with van der Waals surface area (Å²) in [5.74, 6) is 0.896. The Bertz CT molecular complexity index is 176. The van der Waals surface area contributed by atoms with Crippen LogP contribution in [0.1, 0.15) is 26.2 Å². The lowest BCUT2D eigenvalue weighted by molar-refractivity contribution is -0.117. The van der Waals surface area contributed by atoms with Gasteiger partial charge in [-0.25, -0.2) is 0 Å². The van der Waals surface area contributed by atoms with Crippen molar-refractivity contribution in [2.24, 2.45) is 5.92 Å². The van der Waals surface area contributed by atoms with Gasteiger partial charge in [0, 0.05) is 19.5 Å². The molecule has 0 aliphatic heterocycles. The fourth-order valence-electron chi connectivity index (χ4n) is 1.73. The summed E-state index contributed by atoms with van der Waals surface area (Å²) >= 11 is 0. The van der Waals surface area contributed by atoms with Crippen LogP contribution in [0.15, 0.2) is 0 Å². The molecule has 0 radical (unpaired) electrons. The lowest BCUT2D eigenvalue weighted by Crippen LogP contribution is -2.37. The highest BCUT2D eigenvalue weighted by molar-refractivity contribution is 5.75. The largest absolute Gasteiger partial charge is 0.393 e. The molecule has 0 spiro atoms. The minimum Gasteiger partial charge on any atom is -0.393 e. The van der Waals surface area contributed by atoms with E-state index in [1.807, 2.05) is 7.05 Å². The third-order valence-corrected chi connectivity index (χ3v) is 2.63. The number of ketones is 1. The number of carbonyl (C=O) groups is 1. The van der Waals surface area contributed by atoms with Gasteiger partial charge in [-0.3, -0.25) is 4.79 Å². The molecule has 1 N–H and O–H groups in total. The van der Waals surface area contributed by atoms with Crippen molar-refractivity contribution in [1.29, 1.82) is 0 Å². The van der Waals surface area contributed by atoms with Gasteiger partial charge in [-0.05, 0) is 32.7 Å². The summed E-state index contributed by atoms with van der Waals surface area (Å²) in [6.45, 7) is 3.49. The molecule has 1 saturated carbocycles. The van der Waals surface area contributed by atoms with E-state index >= 15 is 0 Å². The maximum absolute atomic E-state index is 10.7. The summed E-state index contributed by atoms with van der Waals surface area (Å²) in [4.78, 5) is 12.9. The Balaban J connectivity index is 2.04. The molecule has 76 valence electrons. The highest BCUT2D eigenvalue weighted by Crippen LogP contribution is 2.27. The smallest absolute Gasteiger partial charge is 0.131 e. The van der Waals surface area contributed by atoms with Crippen LogP contribution in [0.5, 0.6) is 0 Å². The second-order valence-corrected chi connectivity index (χ2v) is 4.21. The van der Waals surface area contributed by atoms with E-state index in [0.717, 1.165) is 25.9 Å². The van der Waals surface area contributed by atoms with Crippen molar-refractivity contribution in [1.82, 2.24) is 4.90 Å². The molecule has 3 nitrogen and oxygen atoms in total. The van der Waals surface area contributed by atoms with Gasteiger partial charge in [-0.1, -0.05) is 0 Å². The molecule has 1 aliphatic rings. The number of hydrogen-bond acceptors (Lipinski definition) is 3. The van der Waals surface area contributed by atoms with Gasteiger partial charge in [0.1, 0.15) is 5.78 Å². The fourth-order valence-corrected chi connectivity index (χ4v) is 1.73. The molecule has 0 saturated heterocycles. The summed E-state index contributed by atoms with van der Waals surface area (Å²) in [6, 6.07) is 0. The fraction of sp³-hybridized carbons (Fsp3) is 0.900. The molecule has 0 aromatic carbocycles. The molecule has 1 aliphatic carbocycles. The van der Waals surface area contributed by atoms with Crippen LogP contribution in [-0.2, 0) is 4.79 Å². The van der Waals surface area contributed by atoms with Crippen LogP contribution in [0, 0.1) is 5.92 Å². The molecule has 0 aromatic rings. The quantitative estimate of drug-likeness (QED) is 0.684. The van der Waals surface area contributed by atoms with Crippen molar-refractivity contribution < 1.29 is 9.90 Å². The predicted octanol–water partition coefficient (Wildman–Crippen LogP) is 0.668. The first-order valence-electron chi connectivity index (χ1n) is 4.94. The molecule has 3 heteroatoms. The number of nitrogens with zero attached hydrogens (tertiary/aromatic N) is 1. The lowest BCUT2D eigenvalue weighted by Gasteiger charge is -2.34. The predicted molar refractivity (Wildman–Crippen MR) is 51.5 cm³/mol. The second kappa shape index (κ2) is 4.72. The van der Waals surface area contributed by atoms with E-state index in [1.165, 1.54) is 0 Å². The van der Waals surface area contributed by atoms with E-state index in [0.29, 0.717) is 12.3 Å². The zero-order chi connectivity index (χ0) is 9.84. The van der Waals surface area contributed by atoms with Gasteiger partial charge in [-0.15, -0.1) is 0 Å². The summed E-state index contributed by atoms with van der Waals surface area (Å²) < 4.78 is 0. The molecule has 0 atom stereocenters. The standard InChI is InChI=1S/C10H19NO2/c1-8(12)3-4-11(2)7-9-5-10(13)6-9/h9-10,13H,3-7H2,1-2H3. The van der Waals surface area contributed by atoms with Gasteiger partial charge < -0.3 is 10.0 Å². The van der Waals surface area contributed by atoms with Gasteiger partial charge in [0.25, 0.3) is 0 Å². The van der Waals surface area contributed by atoms with E-state index in [-0.39, 0.29) is 11.9 Å². The van der Waals surface area contributed by atoms with Crippen molar-refractivity contribution in [3.63, 3.8) is 0 Å². The van der Waals surface area contributed by atoms with Crippen molar-refractivity contribution >= 4 is 5.78 Å². The zero-order valence-electron chi connectivity index (χ0n) is 8.49. The maximum Gasteiger partial charge on any atom is 0.131 e. The Morgan fingerprint density at radius 3 is 2.62 bits per heavy atom. The molecular formula is C10H19NO2. The Hall–Kier alpha value is -0.410. The molecule has 13 heavy (non-hydrogen) atoms. The minimum atomic E-state index is -0.0637. The Morgan fingerprint density at radius 1 is 1.54 bits per heavy atom. The van der Waals surface area contributed by atoms with Gasteiger partial charge in [0.15, 0.2) is 0 Å². The Morgan fingerprint density at radius 2 is 2.15 bits per heavy atom. The first-order valence-corrected chi connectivity index (χ1v) is 4.94. The van der Waals surface area contributed by atoms with Crippen LogP contribution in [-0.4, -0.2) is 42.0 Å². The minimum absolute atomic E-state index is 0.0637. The number of rotatable bonds is 5. The van der Waals surface area contributed by atoms with Gasteiger partial charge in [0.2, 0.25) is 0 Å². The number of aliphatic hydroxyl groups is 1. The number of Topliss-reactive ketones (excluding diaryl/α,β-unsaturated/α-hetero) is 1. The molecule has 1 rings (SSSR count). The molecule has 0 amide bonds. The second-order valence-electron chi connectivity index (χ2n) is 4.21. The van der Waals surface area contributed by atoms with E-state index in [1.54, 1.807) is 6.92 Å². The van der Waals surface area contributed by atoms with Gasteiger partial charge >= 0.3 is 0 Å². The van der Waals surface area contributed by atoms with Crippen LogP contribution < -0.4 is 0 Å². The first-order chi connectivity index (χ1) is 6.08.